The van der Waals surface area contributed by atoms with Crippen LogP contribution in [-0.4, -0.2) is 4.98 Å². The first-order valence-corrected chi connectivity index (χ1v) is 5.21. The summed E-state index contributed by atoms with van der Waals surface area (Å²) in [5.74, 6) is -0.604. The van der Waals surface area contributed by atoms with Gasteiger partial charge >= 0.3 is 0 Å². The van der Waals surface area contributed by atoms with E-state index in [-0.39, 0.29) is 11.6 Å². The molecule has 0 aliphatic rings. The maximum atomic E-state index is 12.9. The first-order valence-electron chi connectivity index (χ1n) is 4.83. The van der Waals surface area contributed by atoms with Crippen LogP contribution in [-0.2, 0) is 6.61 Å². The second-order valence-corrected chi connectivity index (χ2v) is 3.76. The highest BCUT2D eigenvalue weighted by Crippen LogP contribution is 2.17. The highest BCUT2D eigenvalue weighted by molar-refractivity contribution is 6.30. The number of benzene rings is 1. The van der Waals surface area contributed by atoms with E-state index < -0.39 is 11.8 Å². The molecule has 17 heavy (non-hydrogen) atoms. The molecular weight excluding hydrogens is 248 g/mol. The minimum atomic E-state index is -0.567. The molecule has 0 saturated carbocycles. The Labute approximate surface area is 102 Å². The van der Waals surface area contributed by atoms with Gasteiger partial charge in [0.05, 0.1) is 11.2 Å². The lowest BCUT2D eigenvalue weighted by Gasteiger charge is -2.06. The molecule has 88 valence electrons. The van der Waals surface area contributed by atoms with Gasteiger partial charge < -0.3 is 4.74 Å². The summed E-state index contributed by atoms with van der Waals surface area (Å²) in [4.78, 5) is 3.45. The van der Waals surface area contributed by atoms with Gasteiger partial charge in [-0.15, -0.1) is 0 Å². The van der Waals surface area contributed by atoms with Crippen molar-refractivity contribution in [1.82, 2.24) is 4.98 Å². The average Bonchev–Trinajstić information content (AvgIpc) is 2.33. The van der Waals surface area contributed by atoms with Crippen LogP contribution < -0.4 is 4.74 Å². The van der Waals surface area contributed by atoms with E-state index in [1.165, 1.54) is 30.5 Å². The molecule has 0 fully saturated rings. The van der Waals surface area contributed by atoms with E-state index in [2.05, 4.69) is 4.98 Å². The fourth-order valence-corrected chi connectivity index (χ4v) is 1.45. The highest BCUT2D eigenvalue weighted by atomic mass is 35.5. The molecule has 0 atom stereocenters. The van der Waals surface area contributed by atoms with Gasteiger partial charge in [0, 0.05) is 0 Å². The Kier molecular flexibility index (Phi) is 3.54. The van der Waals surface area contributed by atoms with Crippen molar-refractivity contribution in [1.29, 1.82) is 0 Å². The molecule has 0 aliphatic heterocycles. The number of hydrogen-bond donors (Lipinski definition) is 0. The highest BCUT2D eigenvalue weighted by Gasteiger charge is 2.02. The van der Waals surface area contributed by atoms with Gasteiger partial charge in [-0.2, -0.15) is 4.39 Å². The lowest BCUT2D eigenvalue weighted by molar-refractivity contribution is 0.304. The summed E-state index contributed by atoms with van der Waals surface area (Å²) in [6.07, 6.45) is 1.28. The molecule has 5 heteroatoms. The van der Waals surface area contributed by atoms with Gasteiger partial charge in [0.15, 0.2) is 0 Å². The van der Waals surface area contributed by atoms with Gasteiger partial charge in [-0.25, -0.2) is 9.37 Å². The topological polar surface area (TPSA) is 22.1 Å². The molecule has 0 aliphatic carbocycles. The number of pyridine rings is 1. The summed E-state index contributed by atoms with van der Waals surface area (Å²) in [6, 6.07) is 6.98. The standard InChI is InChI=1S/C12H8ClF2NO/c13-10-5-8(1-3-11(10)14)7-17-9-2-4-12(15)16-6-9/h1-6H,7H2. The Morgan fingerprint density at radius 3 is 2.65 bits per heavy atom. The third-order valence-electron chi connectivity index (χ3n) is 2.09. The molecule has 0 amide bonds. The number of hydrogen-bond acceptors (Lipinski definition) is 2. The van der Waals surface area contributed by atoms with Gasteiger partial charge in [-0.1, -0.05) is 17.7 Å². The lowest BCUT2D eigenvalue weighted by Crippen LogP contribution is -1.96. The molecule has 1 heterocycles. The molecule has 2 nitrogen and oxygen atoms in total. The number of nitrogens with zero attached hydrogens (tertiary/aromatic N) is 1. The van der Waals surface area contributed by atoms with Crippen LogP contribution >= 0.6 is 11.6 Å². The molecule has 0 N–H and O–H groups in total. The summed E-state index contributed by atoms with van der Waals surface area (Å²) >= 11 is 5.62. The summed E-state index contributed by atoms with van der Waals surface area (Å²) in [6.45, 7) is 0.216. The Morgan fingerprint density at radius 2 is 2.00 bits per heavy atom. The van der Waals surface area contributed by atoms with Crippen molar-refractivity contribution in [2.24, 2.45) is 0 Å². The van der Waals surface area contributed by atoms with Crippen LogP contribution in [0.5, 0.6) is 5.75 Å². The third kappa shape index (κ3) is 3.14. The van der Waals surface area contributed by atoms with E-state index in [1.54, 1.807) is 6.07 Å². The third-order valence-corrected chi connectivity index (χ3v) is 2.38. The van der Waals surface area contributed by atoms with Crippen LogP contribution in [0.3, 0.4) is 0 Å². The molecular formula is C12H8ClF2NO. The second kappa shape index (κ2) is 5.10. The quantitative estimate of drug-likeness (QED) is 0.782. The summed E-state index contributed by atoms with van der Waals surface area (Å²) < 4.78 is 30.7. The van der Waals surface area contributed by atoms with E-state index in [9.17, 15) is 8.78 Å². The SMILES string of the molecule is Fc1ccc(OCc2ccc(F)c(Cl)c2)cn1. The summed E-state index contributed by atoms with van der Waals surface area (Å²) in [5.41, 5.74) is 0.723. The predicted octanol–water partition coefficient (Wildman–Crippen LogP) is 3.59. The number of aromatic nitrogens is 1. The minimum absolute atomic E-state index is 0.0448. The van der Waals surface area contributed by atoms with Crippen molar-refractivity contribution in [2.75, 3.05) is 0 Å². The summed E-state index contributed by atoms with van der Waals surface area (Å²) in [5, 5.41) is 0.0448. The van der Waals surface area contributed by atoms with Crippen molar-refractivity contribution >= 4 is 11.6 Å². The molecule has 0 unspecified atom stereocenters. The van der Waals surface area contributed by atoms with Crippen molar-refractivity contribution < 1.29 is 13.5 Å². The van der Waals surface area contributed by atoms with Crippen molar-refractivity contribution in [3.63, 3.8) is 0 Å². The molecule has 2 rings (SSSR count). The normalized spacial score (nSPS) is 10.3. The Balaban J connectivity index is 2.02. The van der Waals surface area contributed by atoms with Crippen LogP contribution in [0.4, 0.5) is 8.78 Å². The average molecular weight is 256 g/mol. The van der Waals surface area contributed by atoms with Crippen LogP contribution in [0.2, 0.25) is 5.02 Å². The second-order valence-electron chi connectivity index (χ2n) is 3.35. The zero-order valence-corrected chi connectivity index (χ0v) is 9.42. The number of ether oxygens (including phenoxy) is 1. The molecule has 0 spiro atoms. The van der Waals surface area contributed by atoms with Gasteiger partial charge in [-0.3, -0.25) is 0 Å². The Hall–Kier alpha value is -1.68. The van der Waals surface area contributed by atoms with E-state index in [0.29, 0.717) is 5.75 Å². The molecule has 1 aromatic heterocycles. The maximum Gasteiger partial charge on any atom is 0.213 e. The van der Waals surface area contributed by atoms with Crippen LogP contribution in [0.1, 0.15) is 5.56 Å². The number of rotatable bonds is 3. The fourth-order valence-electron chi connectivity index (χ4n) is 1.24. The van der Waals surface area contributed by atoms with Gasteiger partial charge in [0.2, 0.25) is 5.95 Å². The van der Waals surface area contributed by atoms with E-state index in [0.717, 1.165) is 5.56 Å². The predicted molar refractivity (Wildman–Crippen MR) is 59.9 cm³/mol. The van der Waals surface area contributed by atoms with Crippen LogP contribution in [0, 0.1) is 11.8 Å². The lowest BCUT2D eigenvalue weighted by atomic mass is 10.2. The zero-order valence-electron chi connectivity index (χ0n) is 8.66. The molecule has 0 bridgehead atoms. The van der Waals surface area contributed by atoms with Gasteiger partial charge in [0.25, 0.3) is 0 Å². The monoisotopic (exact) mass is 255 g/mol. The fraction of sp³-hybridized carbons (Fsp3) is 0.0833. The van der Waals surface area contributed by atoms with Crippen LogP contribution in [0.25, 0.3) is 0 Å². The largest absolute Gasteiger partial charge is 0.487 e. The zero-order chi connectivity index (χ0) is 12.3. The first kappa shape index (κ1) is 11.8. The van der Waals surface area contributed by atoms with E-state index in [4.69, 9.17) is 16.3 Å². The van der Waals surface area contributed by atoms with E-state index >= 15 is 0 Å². The van der Waals surface area contributed by atoms with E-state index in [1.807, 2.05) is 0 Å². The smallest absolute Gasteiger partial charge is 0.213 e. The molecule has 2 aromatic rings. The first-order chi connectivity index (χ1) is 8.15. The van der Waals surface area contributed by atoms with Gasteiger partial charge in [0.1, 0.15) is 18.2 Å². The van der Waals surface area contributed by atoms with Crippen molar-refractivity contribution in [3.8, 4) is 5.75 Å². The van der Waals surface area contributed by atoms with Crippen molar-refractivity contribution in [2.45, 2.75) is 6.61 Å². The molecule has 1 aromatic carbocycles. The maximum absolute atomic E-state index is 12.9. The summed E-state index contributed by atoms with van der Waals surface area (Å²) in [7, 11) is 0. The number of halogens is 3. The van der Waals surface area contributed by atoms with Crippen molar-refractivity contribution in [3.05, 3.63) is 58.9 Å². The van der Waals surface area contributed by atoms with Crippen LogP contribution in [0.15, 0.2) is 36.5 Å². The molecule has 0 radical (unpaired) electrons. The Bertz CT molecular complexity index is 516. The molecule has 0 saturated heterocycles. The Morgan fingerprint density at radius 1 is 1.18 bits per heavy atom. The minimum Gasteiger partial charge on any atom is -0.487 e. The van der Waals surface area contributed by atoms with Gasteiger partial charge in [-0.05, 0) is 29.8 Å².